The molecule has 0 amide bonds. The highest BCUT2D eigenvalue weighted by molar-refractivity contribution is 5.82. The van der Waals surface area contributed by atoms with E-state index in [0.29, 0.717) is 12.8 Å². The number of hydrogen-bond acceptors (Lipinski definition) is 3. The molecule has 0 N–H and O–H groups in total. The van der Waals surface area contributed by atoms with Crippen LogP contribution in [0.1, 0.15) is 36.1 Å². The Morgan fingerprint density at radius 2 is 1.55 bits per heavy atom. The topological polar surface area (TPSA) is 42.9 Å². The molecule has 0 fully saturated rings. The van der Waals surface area contributed by atoms with E-state index in [-0.39, 0.29) is 11.7 Å². The van der Waals surface area contributed by atoms with Crippen LogP contribution in [0, 0.1) is 6.92 Å². The number of Topliss-reactive ketones (excluding diaryl/α,β-unsaturated/α-hetero) is 1. The molecule has 0 aliphatic carbocycles. The molecule has 0 saturated heterocycles. The summed E-state index contributed by atoms with van der Waals surface area (Å²) >= 11 is 0. The molecule has 0 radical (unpaired) electrons. The van der Waals surface area contributed by atoms with Gasteiger partial charge in [-0.1, -0.05) is 61.5 Å². The molecule has 4 rings (SSSR count). The van der Waals surface area contributed by atoms with Crippen molar-refractivity contribution in [3.8, 4) is 22.3 Å². The lowest BCUT2D eigenvalue weighted by atomic mass is 9.92. The van der Waals surface area contributed by atoms with Crippen molar-refractivity contribution < 1.29 is 4.79 Å². The first kappa shape index (κ1) is 20.7. The van der Waals surface area contributed by atoms with Crippen LogP contribution in [0.2, 0.25) is 0 Å². The van der Waals surface area contributed by atoms with Crippen LogP contribution in [0.5, 0.6) is 0 Å². The highest BCUT2D eigenvalue weighted by atomic mass is 16.1. The highest BCUT2D eigenvalue weighted by Crippen LogP contribution is 2.25. The van der Waals surface area contributed by atoms with E-state index in [2.05, 4.69) is 77.6 Å². The van der Waals surface area contributed by atoms with Gasteiger partial charge in [0.25, 0.3) is 0 Å². The Morgan fingerprint density at radius 3 is 2.23 bits per heavy atom. The van der Waals surface area contributed by atoms with Gasteiger partial charge < -0.3 is 0 Å². The fourth-order valence-electron chi connectivity index (χ4n) is 3.84. The first-order valence-corrected chi connectivity index (χ1v) is 10.6. The van der Waals surface area contributed by atoms with Crippen LogP contribution in [-0.2, 0) is 11.2 Å². The summed E-state index contributed by atoms with van der Waals surface area (Å²) in [4.78, 5) is 21.1. The van der Waals surface area contributed by atoms with Crippen molar-refractivity contribution in [1.29, 1.82) is 0 Å². The predicted molar refractivity (Wildman–Crippen MR) is 126 cm³/mol. The van der Waals surface area contributed by atoms with Gasteiger partial charge in [-0.05, 0) is 64.4 Å². The fraction of sp³-hybridized carbons (Fsp3) is 0.179. The molecule has 2 heterocycles. The van der Waals surface area contributed by atoms with Crippen LogP contribution in [0.3, 0.4) is 0 Å². The maximum Gasteiger partial charge on any atom is 0.137 e. The zero-order chi connectivity index (χ0) is 21.6. The third-order valence-electron chi connectivity index (χ3n) is 5.59. The predicted octanol–water partition coefficient (Wildman–Crippen LogP) is 6.42. The summed E-state index contributed by atoms with van der Waals surface area (Å²) in [5.74, 6) is 0.450. The second-order valence-electron chi connectivity index (χ2n) is 8.07. The number of aryl methyl sites for hydroxylation is 1. The quantitative estimate of drug-likeness (QED) is 0.355. The van der Waals surface area contributed by atoms with Gasteiger partial charge in [0, 0.05) is 37.1 Å². The Labute approximate surface area is 183 Å². The molecule has 154 valence electrons. The molecule has 1 atom stereocenters. The summed E-state index contributed by atoms with van der Waals surface area (Å²) in [6.45, 7) is 4.11. The first-order valence-electron chi connectivity index (χ1n) is 10.6. The van der Waals surface area contributed by atoms with E-state index in [1.54, 1.807) is 6.20 Å². The number of nitrogens with zero attached hydrogens (tertiary/aromatic N) is 2. The second-order valence-corrected chi connectivity index (χ2v) is 8.07. The number of carbonyl (C=O) groups is 1. The first-order chi connectivity index (χ1) is 15.1. The molecular weight excluding hydrogens is 380 g/mol. The zero-order valence-corrected chi connectivity index (χ0v) is 18.0. The number of benzene rings is 2. The number of pyridine rings is 2. The summed E-state index contributed by atoms with van der Waals surface area (Å²) in [7, 11) is 0. The Bertz CT molecular complexity index is 1150. The molecule has 31 heavy (non-hydrogen) atoms. The van der Waals surface area contributed by atoms with E-state index in [0.717, 1.165) is 33.5 Å². The lowest BCUT2D eigenvalue weighted by Crippen LogP contribution is -2.07. The SMILES string of the molecule is Cc1cc(-c2ccc(CC(=O)CC(C)c3ccc(-c4cccnc4)cc3)cc2)ccn1. The third-order valence-corrected chi connectivity index (χ3v) is 5.59. The third kappa shape index (κ3) is 5.32. The summed E-state index contributed by atoms with van der Waals surface area (Å²) in [5, 5.41) is 0. The van der Waals surface area contributed by atoms with Crippen molar-refractivity contribution >= 4 is 5.78 Å². The van der Waals surface area contributed by atoms with Crippen LogP contribution in [0.4, 0.5) is 0 Å². The summed E-state index contributed by atoms with van der Waals surface area (Å²) < 4.78 is 0. The Hall–Kier alpha value is -3.59. The highest BCUT2D eigenvalue weighted by Gasteiger charge is 2.12. The van der Waals surface area contributed by atoms with E-state index in [4.69, 9.17) is 0 Å². The summed E-state index contributed by atoms with van der Waals surface area (Å²) in [6.07, 6.45) is 6.47. The van der Waals surface area contributed by atoms with Gasteiger partial charge in [0.1, 0.15) is 5.78 Å². The second kappa shape index (κ2) is 9.48. The molecule has 0 spiro atoms. The maximum absolute atomic E-state index is 12.7. The molecule has 0 bridgehead atoms. The normalized spacial score (nSPS) is 11.8. The van der Waals surface area contributed by atoms with Crippen LogP contribution >= 0.6 is 0 Å². The molecule has 4 aromatic rings. The van der Waals surface area contributed by atoms with Crippen molar-refractivity contribution in [2.75, 3.05) is 0 Å². The Balaban J connectivity index is 1.36. The van der Waals surface area contributed by atoms with Crippen molar-refractivity contribution in [2.45, 2.75) is 32.6 Å². The van der Waals surface area contributed by atoms with Crippen LogP contribution < -0.4 is 0 Å². The number of ketones is 1. The van der Waals surface area contributed by atoms with Gasteiger partial charge >= 0.3 is 0 Å². The van der Waals surface area contributed by atoms with Gasteiger partial charge in [-0.15, -0.1) is 0 Å². The average molecular weight is 407 g/mol. The number of rotatable bonds is 7. The lowest BCUT2D eigenvalue weighted by Gasteiger charge is -2.12. The molecule has 2 aromatic heterocycles. The van der Waals surface area contributed by atoms with Gasteiger partial charge in [0.2, 0.25) is 0 Å². The van der Waals surface area contributed by atoms with Crippen LogP contribution in [0.25, 0.3) is 22.3 Å². The van der Waals surface area contributed by atoms with Crippen LogP contribution in [-0.4, -0.2) is 15.8 Å². The Morgan fingerprint density at radius 1 is 0.839 bits per heavy atom. The monoisotopic (exact) mass is 406 g/mol. The maximum atomic E-state index is 12.7. The average Bonchev–Trinajstić information content (AvgIpc) is 2.80. The minimum Gasteiger partial charge on any atom is -0.299 e. The summed E-state index contributed by atoms with van der Waals surface area (Å²) in [6, 6.07) is 24.8. The van der Waals surface area contributed by atoms with E-state index in [9.17, 15) is 4.79 Å². The zero-order valence-electron chi connectivity index (χ0n) is 18.0. The standard InChI is InChI=1S/C28H26N2O/c1-20(23-9-11-25(12-10-23)27-4-3-14-29-19-27)16-28(31)18-22-5-7-24(8-6-22)26-13-15-30-21(2)17-26/h3-15,17,19-20H,16,18H2,1-2H3. The van der Waals surface area contributed by atoms with Gasteiger partial charge in [0.05, 0.1) is 0 Å². The van der Waals surface area contributed by atoms with Gasteiger partial charge in [0.15, 0.2) is 0 Å². The van der Waals surface area contributed by atoms with Crippen molar-refractivity contribution in [3.05, 3.63) is 108 Å². The van der Waals surface area contributed by atoms with Gasteiger partial charge in [-0.25, -0.2) is 0 Å². The van der Waals surface area contributed by atoms with Gasteiger partial charge in [-0.2, -0.15) is 0 Å². The molecule has 3 heteroatoms. The molecule has 0 aliphatic heterocycles. The van der Waals surface area contributed by atoms with E-state index >= 15 is 0 Å². The van der Waals surface area contributed by atoms with E-state index in [1.807, 2.05) is 31.5 Å². The molecule has 3 nitrogen and oxygen atoms in total. The van der Waals surface area contributed by atoms with E-state index in [1.165, 1.54) is 5.56 Å². The minimum absolute atomic E-state index is 0.189. The molecule has 1 unspecified atom stereocenters. The number of hydrogen-bond donors (Lipinski definition) is 0. The van der Waals surface area contributed by atoms with Crippen molar-refractivity contribution in [1.82, 2.24) is 9.97 Å². The van der Waals surface area contributed by atoms with Crippen molar-refractivity contribution in [3.63, 3.8) is 0 Å². The smallest absolute Gasteiger partial charge is 0.137 e. The molecular formula is C28H26N2O. The molecule has 0 aliphatic rings. The van der Waals surface area contributed by atoms with Crippen LogP contribution in [0.15, 0.2) is 91.4 Å². The Kier molecular flexibility index (Phi) is 6.32. The minimum atomic E-state index is 0.189. The number of carbonyl (C=O) groups excluding carboxylic acids is 1. The fourth-order valence-corrected chi connectivity index (χ4v) is 3.84. The largest absolute Gasteiger partial charge is 0.299 e. The van der Waals surface area contributed by atoms with E-state index < -0.39 is 0 Å². The van der Waals surface area contributed by atoms with Gasteiger partial charge in [-0.3, -0.25) is 14.8 Å². The lowest BCUT2D eigenvalue weighted by molar-refractivity contribution is -0.118. The molecule has 0 saturated carbocycles. The summed E-state index contributed by atoms with van der Waals surface area (Å²) in [5.41, 5.74) is 7.77. The number of aromatic nitrogens is 2. The molecule has 2 aromatic carbocycles. The van der Waals surface area contributed by atoms with Crippen molar-refractivity contribution in [2.24, 2.45) is 0 Å².